The van der Waals surface area contributed by atoms with Crippen LogP contribution in [0.1, 0.15) is 5.56 Å². The molecule has 7 heteroatoms. The maximum absolute atomic E-state index is 11.4. The second kappa shape index (κ2) is 8.03. The van der Waals surface area contributed by atoms with Crippen molar-refractivity contribution in [1.29, 1.82) is 0 Å². The third-order valence-electron chi connectivity index (χ3n) is 2.40. The van der Waals surface area contributed by atoms with Crippen molar-refractivity contribution < 1.29 is 19.6 Å². The SMILES string of the molecule is COCC(O)CNC(=O)C=Cc1ccc([N+](=O)[O-])cc1. The summed E-state index contributed by atoms with van der Waals surface area (Å²) in [7, 11) is 1.46. The topological polar surface area (TPSA) is 102 Å². The Kier molecular flexibility index (Phi) is 6.34. The van der Waals surface area contributed by atoms with E-state index in [4.69, 9.17) is 4.74 Å². The van der Waals surface area contributed by atoms with E-state index in [1.165, 1.54) is 31.4 Å². The molecule has 0 aromatic heterocycles. The molecule has 0 fully saturated rings. The highest BCUT2D eigenvalue weighted by Crippen LogP contribution is 2.12. The number of carbonyl (C=O) groups excluding carboxylic acids is 1. The molecule has 0 heterocycles. The number of amides is 1. The molecule has 0 radical (unpaired) electrons. The first-order valence-corrected chi connectivity index (χ1v) is 5.90. The Labute approximate surface area is 116 Å². The van der Waals surface area contributed by atoms with E-state index in [1.807, 2.05) is 0 Å². The quantitative estimate of drug-likeness (QED) is 0.435. The maximum atomic E-state index is 11.4. The van der Waals surface area contributed by atoms with E-state index in [9.17, 15) is 20.0 Å². The van der Waals surface area contributed by atoms with Crippen molar-refractivity contribution in [2.24, 2.45) is 0 Å². The van der Waals surface area contributed by atoms with Crippen LogP contribution in [0.25, 0.3) is 6.08 Å². The van der Waals surface area contributed by atoms with Crippen molar-refractivity contribution in [3.63, 3.8) is 0 Å². The average molecular weight is 280 g/mol. The number of nitro groups is 1. The van der Waals surface area contributed by atoms with Crippen LogP contribution >= 0.6 is 0 Å². The molecule has 1 rings (SSSR count). The zero-order valence-corrected chi connectivity index (χ0v) is 11.0. The van der Waals surface area contributed by atoms with Gasteiger partial charge in [0.25, 0.3) is 5.69 Å². The van der Waals surface area contributed by atoms with Crippen LogP contribution in [0.5, 0.6) is 0 Å². The minimum atomic E-state index is -0.753. The molecule has 20 heavy (non-hydrogen) atoms. The summed E-state index contributed by atoms with van der Waals surface area (Å²) >= 11 is 0. The number of aliphatic hydroxyl groups is 1. The van der Waals surface area contributed by atoms with Gasteiger partial charge in [-0.2, -0.15) is 0 Å². The van der Waals surface area contributed by atoms with Gasteiger partial charge in [-0.05, 0) is 23.8 Å². The van der Waals surface area contributed by atoms with Crippen molar-refractivity contribution >= 4 is 17.7 Å². The molecule has 0 bridgehead atoms. The molecule has 0 aliphatic carbocycles. The Morgan fingerprint density at radius 1 is 1.50 bits per heavy atom. The van der Waals surface area contributed by atoms with Crippen molar-refractivity contribution in [2.75, 3.05) is 20.3 Å². The van der Waals surface area contributed by atoms with Gasteiger partial charge >= 0.3 is 0 Å². The number of ether oxygens (including phenoxy) is 1. The lowest BCUT2D eigenvalue weighted by Crippen LogP contribution is -2.33. The zero-order chi connectivity index (χ0) is 15.0. The molecule has 0 aliphatic rings. The van der Waals surface area contributed by atoms with E-state index in [1.54, 1.807) is 12.1 Å². The third-order valence-corrected chi connectivity index (χ3v) is 2.40. The fourth-order valence-corrected chi connectivity index (χ4v) is 1.41. The Morgan fingerprint density at radius 3 is 2.70 bits per heavy atom. The van der Waals surface area contributed by atoms with Crippen LogP contribution in [-0.4, -0.2) is 42.3 Å². The van der Waals surface area contributed by atoms with Gasteiger partial charge in [-0.1, -0.05) is 0 Å². The number of rotatable bonds is 7. The van der Waals surface area contributed by atoms with Crippen LogP contribution in [0.4, 0.5) is 5.69 Å². The largest absolute Gasteiger partial charge is 0.389 e. The standard InChI is InChI=1S/C13H16N2O5/c1-20-9-12(16)8-14-13(17)7-4-10-2-5-11(6-3-10)15(18)19/h2-7,12,16H,8-9H2,1H3,(H,14,17). The molecule has 1 atom stereocenters. The Hall–Kier alpha value is -2.25. The molecule has 1 aromatic carbocycles. The van der Waals surface area contributed by atoms with E-state index in [-0.39, 0.29) is 24.7 Å². The molecular weight excluding hydrogens is 264 g/mol. The normalized spacial score (nSPS) is 12.3. The third kappa shape index (κ3) is 5.59. The van der Waals surface area contributed by atoms with Gasteiger partial charge in [0, 0.05) is 31.9 Å². The Morgan fingerprint density at radius 2 is 2.15 bits per heavy atom. The van der Waals surface area contributed by atoms with Gasteiger partial charge in [-0.3, -0.25) is 14.9 Å². The van der Waals surface area contributed by atoms with Gasteiger partial charge in [-0.15, -0.1) is 0 Å². The summed E-state index contributed by atoms with van der Waals surface area (Å²) in [6, 6.07) is 5.81. The van der Waals surface area contributed by atoms with Crippen LogP contribution in [0.2, 0.25) is 0 Å². The Bertz CT molecular complexity index is 484. The second-order valence-electron chi connectivity index (χ2n) is 4.04. The van der Waals surface area contributed by atoms with Gasteiger partial charge in [0.1, 0.15) is 0 Å². The van der Waals surface area contributed by atoms with Crippen LogP contribution in [0.3, 0.4) is 0 Å². The first kappa shape index (κ1) is 15.8. The van der Waals surface area contributed by atoms with E-state index >= 15 is 0 Å². The molecule has 0 aliphatic heterocycles. The first-order chi connectivity index (χ1) is 9.52. The number of benzene rings is 1. The number of nitrogens with one attached hydrogen (secondary N) is 1. The highest BCUT2D eigenvalue weighted by atomic mass is 16.6. The van der Waals surface area contributed by atoms with Gasteiger partial charge in [0.15, 0.2) is 0 Å². The molecule has 7 nitrogen and oxygen atoms in total. The second-order valence-corrected chi connectivity index (χ2v) is 4.04. The van der Waals surface area contributed by atoms with E-state index in [2.05, 4.69) is 5.32 Å². The van der Waals surface area contributed by atoms with Crippen LogP contribution in [0, 0.1) is 10.1 Å². The molecule has 0 spiro atoms. The van der Waals surface area contributed by atoms with E-state index < -0.39 is 11.0 Å². The highest BCUT2D eigenvalue weighted by molar-refractivity contribution is 5.91. The van der Waals surface area contributed by atoms with Gasteiger partial charge in [0.2, 0.25) is 5.91 Å². The maximum Gasteiger partial charge on any atom is 0.269 e. The van der Waals surface area contributed by atoms with Gasteiger partial charge < -0.3 is 15.2 Å². The van der Waals surface area contributed by atoms with E-state index in [0.29, 0.717) is 5.56 Å². The summed E-state index contributed by atoms with van der Waals surface area (Å²) in [5, 5.41) is 22.3. The fraction of sp³-hybridized carbons (Fsp3) is 0.308. The molecule has 1 aromatic rings. The molecule has 108 valence electrons. The van der Waals surface area contributed by atoms with Crippen LogP contribution < -0.4 is 5.32 Å². The number of hydrogen-bond donors (Lipinski definition) is 2. The molecule has 0 saturated heterocycles. The number of aliphatic hydroxyl groups excluding tert-OH is 1. The van der Waals surface area contributed by atoms with Gasteiger partial charge in [-0.25, -0.2) is 0 Å². The first-order valence-electron chi connectivity index (χ1n) is 5.90. The lowest BCUT2D eigenvalue weighted by Gasteiger charge is -2.08. The van der Waals surface area contributed by atoms with Crippen LogP contribution in [0.15, 0.2) is 30.3 Å². The number of methoxy groups -OCH3 is 1. The molecule has 0 saturated carbocycles. The molecule has 1 amide bonds. The summed E-state index contributed by atoms with van der Waals surface area (Å²) in [5.41, 5.74) is 0.664. The van der Waals surface area contributed by atoms with Crippen LogP contribution in [-0.2, 0) is 9.53 Å². The number of non-ortho nitro benzene ring substituents is 1. The van der Waals surface area contributed by atoms with E-state index in [0.717, 1.165) is 0 Å². The minimum Gasteiger partial charge on any atom is -0.389 e. The number of nitrogens with zero attached hydrogens (tertiary/aromatic N) is 1. The predicted octanol–water partition coefficient (Wildman–Crippen LogP) is 0.731. The zero-order valence-electron chi connectivity index (χ0n) is 11.0. The summed E-state index contributed by atoms with van der Waals surface area (Å²) in [5.74, 6) is -0.362. The number of carbonyl (C=O) groups is 1. The van der Waals surface area contributed by atoms with Crippen molar-refractivity contribution in [3.8, 4) is 0 Å². The fourth-order valence-electron chi connectivity index (χ4n) is 1.41. The lowest BCUT2D eigenvalue weighted by atomic mass is 10.2. The lowest BCUT2D eigenvalue weighted by molar-refractivity contribution is -0.384. The summed E-state index contributed by atoms with van der Waals surface area (Å²) in [4.78, 5) is 21.4. The molecule has 1 unspecified atom stereocenters. The van der Waals surface area contributed by atoms with Gasteiger partial charge in [0.05, 0.1) is 17.6 Å². The molecule has 2 N–H and O–H groups in total. The number of hydrogen-bond acceptors (Lipinski definition) is 5. The number of nitro benzene ring substituents is 1. The Balaban J connectivity index is 2.46. The summed E-state index contributed by atoms with van der Waals surface area (Å²) < 4.78 is 4.72. The summed E-state index contributed by atoms with van der Waals surface area (Å²) in [6.45, 7) is 0.240. The predicted molar refractivity (Wildman–Crippen MR) is 73.0 cm³/mol. The monoisotopic (exact) mass is 280 g/mol. The summed E-state index contributed by atoms with van der Waals surface area (Å²) in [6.07, 6.45) is 2.07. The van der Waals surface area contributed by atoms with Crippen molar-refractivity contribution in [2.45, 2.75) is 6.10 Å². The highest BCUT2D eigenvalue weighted by Gasteiger charge is 2.05. The molecular formula is C13H16N2O5. The average Bonchev–Trinajstić information content (AvgIpc) is 2.43. The smallest absolute Gasteiger partial charge is 0.269 e. The minimum absolute atomic E-state index is 0.00529. The van der Waals surface area contributed by atoms with Crippen molar-refractivity contribution in [1.82, 2.24) is 5.32 Å². The van der Waals surface area contributed by atoms with Crippen molar-refractivity contribution in [3.05, 3.63) is 46.0 Å².